The lowest BCUT2D eigenvalue weighted by Crippen LogP contribution is -1.83. The van der Waals surface area contributed by atoms with Gasteiger partial charge in [0.1, 0.15) is 5.76 Å². The molecule has 0 aliphatic heterocycles. The van der Waals surface area contributed by atoms with Gasteiger partial charge < -0.3 is 4.42 Å². The van der Waals surface area contributed by atoms with Crippen molar-refractivity contribution in [2.24, 2.45) is 0 Å². The summed E-state index contributed by atoms with van der Waals surface area (Å²) in [7, 11) is 0. The van der Waals surface area contributed by atoms with Crippen LogP contribution in [-0.2, 0) is 6.42 Å². The minimum absolute atomic E-state index is 0.958. The molecule has 1 radical (unpaired) electrons. The topological polar surface area (TPSA) is 13.1 Å². The first kappa shape index (κ1) is 12.8. The van der Waals surface area contributed by atoms with E-state index in [1.807, 2.05) is 12.3 Å². The number of allylic oxidation sites excluding steroid dienone is 3. The zero-order chi connectivity index (χ0) is 12.0. The SMILES string of the molecule is [CH2]C=C(C)CCCc1coc(C=C(C)C)c1. The van der Waals surface area contributed by atoms with E-state index in [1.165, 1.54) is 16.7 Å². The molecule has 0 bridgehead atoms. The van der Waals surface area contributed by atoms with Crippen molar-refractivity contribution < 1.29 is 4.42 Å². The van der Waals surface area contributed by atoms with Crippen LogP contribution in [0.2, 0.25) is 0 Å². The largest absolute Gasteiger partial charge is 0.465 e. The van der Waals surface area contributed by atoms with Crippen LogP contribution in [0.15, 0.2) is 34.0 Å². The zero-order valence-electron chi connectivity index (χ0n) is 10.5. The lowest BCUT2D eigenvalue weighted by molar-refractivity contribution is 0.552. The van der Waals surface area contributed by atoms with E-state index >= 15 is 0 Å². The number of hydrogen-bond donors (Lipinski definition) is 0. The Balaban J connectivity index is 2.44. The third-order valence-electron chi connectivity index (χ3n) is 2.49. The van der Waals surface area contributed by atoms with Gasteiger partial charge in [0.15, 0.2) is 0 Å². The summed E-state index contributed by atoms with van der Waals surface area (Å²) in [6, 6.07) is 2.12. The minimum Gasteiger partial charge on any atom is -0.465 e. The van der Waals surface area contributed by atoms with Crippen molar-refractivity contribution in [1.82, 2.24) is 0 Å². The second-order valence-electron chi connectivity index (χ2n) is 4.48. The molecule has 0 amide bonds. The first-order valence-corrected chi connectivity index (χ1v) is 5.79. The molecular formula is C15H21O. The van der Waals surface area contributed by atoms with Crippen LogP contribution in [0.1, 0.15) is 44.9 Å². The molecule has 1 heterocycles. The van der Waals surface area contributed by atoms with Crippen molar-refractivity contribution in [2.45, 2.75) is 40.0 Å². The summed E-state index contributed by atoms with van der Waals surface area (Å²) in [5.74, 6) is 0.958. The Morgan fingerprint density at radius 3 is 2.75 bits per heavy atom. The molecule has 0 spiro atoms. The molecular weight excluding hydrogens is 196 g/mol. The fraction of sp³-hybridized carbons (Fsp3) is 0.400. The van der Waals surface area contributed by atoms with Gasteiger partial charge in [0.25, 0.3) is 0 Å². The van der Waals surface area contributed by atoms with Crippen molar-refractivity contribution in [1.29, 1.82) is 0 Å². The molecule has 0 aliphatic rings. The maximum atomic E-state index is 5.46. The molecule has 0 saturated heterocycles. The van der Waals surface area contributed by atoms with Crippen LogP contribution in [0, 0.1) is 6.92 Å². The number of aryl methyl sites for hydroxylation is 1. The van der Waals surface area contributed by atoms with Gasteiger partial charge in [0, 0.05) is 0 Å². The third kappa shape index (κ3) is 4.52. The molecule has 0 N–H and O–H groups in total. The molecule has 1 heteroatoms. The van der Waals surface area contributed by atoms with Gasteiger partial charge >= 0.3 is 0 Å². The summed E-state index contributed by atoms with van der Waals surface area (Å²) in [6.07, 6.45) is 9.20. The molecule has 0 aromatic carbocycles. The third-order valence-corrected chi connectivity index (χ3v) is 2.49. The van der Waals surface area contributed by atoms with Crippen LogP contribution in [-0.4, -0.2) is 0 Å². The Morgan fingerprint density at radius 1 is 1.38 bits per heavy atom. The smallest absolute Gasteiger partial charge is 0.126 e. The van der Waals surface area contributed by atoms with E-state index in [-0.39, 0.29) is 0 Å². The van der Waals surface area contributed by atoms with E-state index in [0.29, 0.717) is 0 Å². The first-order valence-electron chi connectivity index (χ1n) is 5.79. The Kier molecular flexibility index (Phi) is 5.10. The predicted octanol–water partition coefficient (Wildman–Crippen LogP) is 4.81. The normalized spacial score (nSPS) is 11.6. The number of rotatable bonds is 5. The standard InChI is InChI=1S/C15H21O/c1-5-13(4)7-6-8-14-10-15(16-11-14)9-12(2)3/h5,9-11H,1,6-8H2,2-4H3. The second kappa shape index (κ2) is 6.37. The van der Waals surface area contributed by atoms with Crippen LogP contribution in [0.5, 0.6) is 0 Å². The average Bonchev–Trinajstić information content (AvgIpc) is 2.64. The van der Waals surface area contributed by atoms with Gasteiger partial charge in [-0.2, -0.15) is 0 Å². The van der Waals surface area contributed by atoms with E-state index < -0.39 is 0 Å². The van der Waals surface area contributed by atoms with Crippen LogP contribution in [0.4, 0.5) is 0 Å². The molecule has 0 saturated carbocycles. The Labute approximate surface area is 98.9 Å². The van der Waals surface area contributed by atoms with Gasteiger partial charge in [0.2, 0.25) is 0 Å². The van der Waals surface area contributed by atoms with E-state index in [0.717, 1.165) is 25.0 Å². The average molecular weight is 217 g/mol. The van der Waals surface area contributed by atoms with Crippen molar-refractivity contribution >= 4 is 6.08 Å². The molecule has 0 aliphatic carbocycles. The highest BCUT2D eigenvalue weighted by Crippen LogP contribution is 2.15. The van der Waals surface area contributed by atoms with Crippen LogP contribution in [0.3, 0.4) is 0 Å². The fourth-order valence-corrected chi connectivity index (χ4v) is 1.56. The highest BCUT2D eigenvalue weighted by Gasteiger charge is 1.99. The Morgan fingerprint density at radius 2 is 2.12 bits per heavy atom. The number of furan rings is 1. The highest BCUT2D eigenvalue weighted by atomic mass is 16.3. The maximum absolute atomic E-state index is 5.46. The molecule has 1 aromatic heterocycles. The lowest BCUT2D eigenvalue weighted by Gasteiger charge is -1.98. The van der Waals surface area contributed by atoms with Crippen LogP contribution in [0.25, 0.3) is 6.08 Å². The van der Waals surface area contributed by atoms with E-state index in [4.69, 9.17) is 4.42 Å². The molecule has 16 heavy (non-hydrogen) atoms. The summed E-state index contributed by atoms with van der Waals surface area (Å²) in [5, 5.41) is 0. The maximum Gasteiger partial charge on any atom is 0.126 e. The predicted molar refractivity (Wildman–Crippen MR) is 70.1 cm³/mol. The molecule has 0 fully saturated rings. The van der Waals surface area contributed by atoms with Gasteiger partial charge in [0.05, 0.1) is 6.26 Å². The molecule has 1 nitrogen and oxygen atoms in total. The summed E-state index contributed by atoms with van der Waals surface area (Å²) >= 11 is 0. The highest BCUT2D eigenvalue weighted by molar-refractivity contribution is 5.46. The summed E-state index contributed by atoms with van der Waals surface area (Å²) in [4.78, 5) is 0. The molecule has 87 valence electrons. The molecule has 0 unspecified atom stereocenters. The summed E-state index contributed by atoms with van der Waals surface area (Å²) < 4.78 is 5.46. The Hall–Kier alpha value is -1.24. The van der Waals surface area contributed by atoms with E-state index in [2.05, 4.69) is 39.8 Å². The van der Waals surface area contributed by atoms with Gasteiger partial charge in [-0.25, -0.2) is 0 Å². The summed E-state index contributed by atoms with van der Waals surface area (Å²) in [6.45, 7) is 10.0. The first-order chi connectivity index (χ1) is 7.61. The van der Waals surface area contributed by atoms with Crippen LogP contribution >= 0.6 is 0 Å². The zero-order valence-corrected chi connectivity index (χ0v) is 10.5. The second-order valence-corrected chi connectivity index (χ2v) is 4.48. The van der Waals surface area contributed by atoms with Gasteiger partial charge in [-0.05, 0) is 64.7 Å². The van der Waals surface area contributed by atoms with Crippen LogP contribution < -0.4 is 0 Å². The minimum atomic E-state index is 0.958. The van der Waals surface area contributed by atoms with Gasteiger partial charge in [-0.3, -0.25) is 0 Å². The van der Waals surface area contributed by atoms with Crippen molar-refractivity contribution in [3.05, 3.63) is 47.8 Å². The van der Waals surface area contributed by atoms with E-state index in [1.54, 1.807) is 0 Å². The van der Waals surface area contributed by atoms with Gasteiger partial charge in [-0.15, -0.1) is 0 Å². The number of hydrogen-bond acceptors (Lipinski definition) is 1. The van der Waals surface area contributed by atoms with Gasteiger partial charge in [-0.1, -0.05) is 17.2 Å². The Bertz CT molecular complexity index is 376. The van der Waals surface area contributed by atoms with Crippen molar-refractivity contribution in [3.8, 4) is 0 Å². The quantitative estimate of drug-likeness (QED) is 0.690. The fourth-order valence-electron chi connectivity index (χ4n) is 1.56. The van der Waals surface area contributed by atoms with E-state index in [9.17, 15) is 0 Å². The molecule has 1 aromatic rings. The summed E-state index contributed by atoms with van der Waals surface area (Å²) in [5.41, 5.74) is 3.90. The van der Waals surface area contributed by atoms with Crippen molar-refractivity contribution in [3.63, 3.8) is 0 Å². The molecule has 1 rings (SSSR count). The van der Waals surface area contributed by atoms with Crippen molar-refractivity contribution in [2.75, 3.05) is 0 Å². The molecule has 0 atom stereocenters. The monoisotopic (exact) mass is 217 g/mol. The lowest BCUT2D eigenvalue weighted by atomic mass is 10.1.